The van der Waals surface area contributed by atoms with Gasteiger partial charge in [0.05, 0.1) is 11.5 Å². The number of hydrogen-bond acceptors (Lipinski definition) is 4. The third-order valence-corrected chi connectivity index (χ3v) is 1.71. The number of hydrogen-bond donors (Lipinski definition) is 1. The van der Waals surface area contributed by atoms with Gasteiger partial charge in [-0.1, -0.05) is 6.07 Å². The number of ether oxygens (including phenoxy) is 1. The van der Waals surface area contributed by atoms with Crippen molar-refractivity contribution >= 4 is 11.7 Å². The molecule has 0 unspecified atom stereocenters. The number of nitrogens with zero attached hydrogens (tertiary/aromatic N) is 1. The summed E-state index contributed by atoms with van der Waals surface area (Å²) in [7, 11) is 0. The topological polar surface area (TPSA) is 89.7 Å². The minimum absolute atomic E-state index is 0.0256. The van der Waals surface area contributed by atoms with Gasteiger partial charge in [0.15, 0.2) is 5.75 Å². The Hall–Kier alpha value is -2.11. The SMILES string of the molecule is CCOc1cccc(C(=O)O)c1[N+](=O)[O-]. The van der Waals surface area contributed by atoms with Crippen molar-refractivity contribution in [2.45, 2.75) is 6.92 Å². The Morgan fingerprint density at radius 1 is 1.60 bits per heavy atom. The summed E-state index contributed by atoms with van der Waals surface area (Å²) in [5.74, 6) is -1.37. The average molecular weight is 211 g/mol. The Morgan fingerprint density at radius 2 is 2.27 bits per heavy atom. The maximum Gasteiger partial charge on any atom is 0.342 e. The van der Waals surface area contributed by atoms with E-state index in [2.05, 4.69) is 0 Å². The van der Waals surface area contributed by atoms with E-state index in [4.69, 9.17) is 9.84 Å². The molecule has 0 saturated heterocycles. The summed E-state index contributed by atoms with van der Waals surface area (Å²) in [5, 5.41) is 19.4. The van der Waals surface area contributed by atoms with Gasteiger partial charge in [-0.05, 0) is 19.1 Å². The highest BCUT2D eigenvalue weighted by molar-refractivity contribution is 5.93. The Kier molecular flexibility index (Phi) is 3.22. The summed E-state index contributed by atoms with van der Waals surface area (Å²) in [6.07, 6.45) is 0. The van der Waals surface area contributed by atoms with Crippen LogP contribution in [0, 0.1) is 10.1 Å². The lowest BCUT2D eigenvalue weighted by Gasteiger charge is -2.05. The molecule has 0 heterocycles. The van der Waals surface area contributed by atoms with E-state index in [0.717, 1.165) is 0 Å². The number of carboxylic acids is 1. The van der Waals surface area contributed by atoms with Crippen LogP contribution in [-0.4, -0.2) is 22.6 Å². The molecule has 0 spiro atoms. The fourth-order valence-corrected chi connectivity index (χ4v) is 1.16. The molecule has 0 saturated carbocycles. The monoisotopic (exact) mass is 211 g/mol. The van der Waals surface area contributed by atoms with Gasteiger partial charge < -0.3 is 9.84 Å². The third kappa shape index (κ3) is 2.22. The second kappa shape index (κ2) is 4.41. The minimum Gasteiger partial charge on any atom is -0.487 e. The zero-order valence-electron chi connectivity index (χ0n) is 7.97. The summed E-state index contributed by atoms with van der Waals surface area (Å²) >= 11 is 0. The van der Waals surface area contributed by atoms with Crippen LogP contribution in [0.5, 0.6) is 5.75 Å². The van der Waals surface area contributed by atoms with Gasteiger partial charge in [-0.2, -0.15) is 0 Å². The van der Waals surface area contributed by atoms with Crippen molar-refractivity contribution < 1.29 is 19.6 Å². The molecule has 0 radical (unpaired) electrons. The molecule has 0 aliphatic heterocycles. The summed E-state index contributed by atoms with van der Waals surface area (Å²) in [6.45, 7) is 1.90. The van der Waals surface area contributed by atoms with Crippen molar-refractivity contribution in [1.29, 1.82) is 0 Å². The fraction of sp³-hybridized carbons (Fsp3) is 0.222. The number of aromatic carboxylic acids is 1. The first-order chi connectivity index (χ1) is 7.07. The van der Waals surface area contributed by atoms with E-state index in [1.165, 1.54) is 18.2 Å². The van der Waals surface area contributed by atoms with E-state index < -0.39 is 16.6 Å². The number of benzene rings is 1. The van der Waals surface area contributed by atoms with Gasteiger partial charge in [0, 0.05) is 0 Å². The molecular weight excluding hydrogens is 202 g/mol. The number of nitro groups is 1. The molecule has 0 bridgehead atoms. The lowest BCUT2D eigenvalue weighted by molar-refractivity contribution is -0.386. The van der Waals surface area contributed by atoms with E-state index in [9.17, 15) is 14.9 Å². The zero-order valence-corrected chi connectivity index (χ0v) is 7.97. The predicted octanol–water partition coefficient (Wildman–Crippen LogP) is 1.69. The Labute approximate surface area is 85.2 Å². The predicted molar refractivity (Wildman–Crippen MR) is 51.2 cm³/mol. The molecule has 0 aromatic heterocycles. The number of rotatable bonds is 4. The van der Waals surface area contributed by atoms with Crippen molar-refractivity contribution in [1.82, 2.24) is 0 Å². The van der Waals surface area contributed by atoms with Crippen LogP contribution in [0.1, 0.15) is 17.3 Å². The number of carboxylic acid groups (broad SMARTS) is 1. The summed E-state index contributed by atoms with van der Waals surface area (Å²) in [5.41, 5.74) is -0.877. The van der Waals surface area contributed by atoms with Gasteiger partial charge in [0.25, 0.3) is 0 Å². The quantitative estimate of drug-likeness (QED) is 0.604. The van der Waals surface area contributed by atoms with Crippen LogP contribution in [0.2, 0.25) is 0 Å². The van der Waals surface area contributed by atoms with Crippen molar-refractivity contribution in [3.63, 3.8) is 0 Å². The van der Waals surface area contributed by atoms with Crippen molar-refractivity contribution in [2.75, 3.05) is 6.61 Å². The molecule has 0 aliphatic carbocycles. The van der Waals surface area contributed by atoms with E-state index in [0.29, 0.717) is 0 Å². The first-order valence-corrected chi connectivity index (χ1v) is 4.21. The van der Waals surface area contributed by atoms with E-state index in [1.807, 2.05) is 0 Å². The summed E-state index contributed by atoms with van der Waals surface area (Å²) in [4.78, 5) is 20.7. The molecule has 1 aromatic rings. The van der Waals surface area contributed by atoms with E-state index in [1.54, 1.807) is 6.92 Å². The van der Waals surface area contributed by atoms with Crippen molar-refractivity contribution in [2.24, 2.45) is 0 Å². The van der Waals surface area contributed by atoms with Gasteiger partial charge >= 0.3 is 11.7 Å². The maximum absolute atomic E-state index is 10.7. The van der Waals surface area contributed by atoms with Crippen LogP contribution in [0.15, 0.2) is 18.2 Å². The van der Waals surface area contributed by atoms with Gasteiger partial charge in [-0.15, -0.1) is 0 Å². The highest BCUT2D eigenvalue weighted by atomic mass is 16.6. The average Bonchev–Trinajstić information content (AvgIpc) is 2.17. The molecule has 80 valence electrons. The highest BCUT2D eigenvalue weighted by Crippen LogP contribution is 2.30. The van der Waals surface area contributed by atoms with Crippen LogP contribution in [0.3, 0.4) is 0 Å². The van der Waals surface area contributed by atoms with Crippen LogP contribution < -0.4 is 4.74 Å². The molecule has 15 heavy (non-hydrogen) atoms. The van der Waals surface area contributed by atoms with Gasteiger partial charge in [0.2, 0.25) is 0 Å². The maximum atomic E-state index is 10.7. The molecule has 1 N–H and O–H groups in total. The third-order valence-electron chi connectivity index (χ3n) is 1.71. The van der Waals surface area contributed by atoms with Gasteiger partial charge in [-0.25, -0.2) is 4.79 Å². The number of nitro benzene ring substituents is 1. The molecule has 0 atom stereocenters. The highest BCUT2D eigenvalue weighted by Gasteiger charge is 2.24. The first kappa shape index (κ1) is 11.0. The second-order valence-electron chi connectivity index (χ2n) is 2.65. The number of carbonyl (C=O) groups is 1. The molecular formula is C9H9NO5. The molecule has 0 fully saturated rings. The largest absolute Gasteiger partial charge is 0.487 e. The lowest BCUT2D eigenvalue weighted by Crippen LogP contribution is -2.05. The Bertz CT molecular complexity index is 401. The summed E-state index contributed by atoms with van der Waals surface area (Å²) in [6, 6.07) is 3.94. The Balaban J connectivity index is 3.34. The summed E-state index contributed by atoms with van der Waals surface area (Å²) < 4.78 is 4.98. The van der Waals surface area contributed by atoms with Crippen LogP contribution in [0.4, 0.5) is 5.69 Å². The number of para-hydroxylation sites is 1. The normalized spacial score (nSPS) is 9.67. The molecule has 0 amide bonds. The van der Waals surface area contributed by atoms with Crippen molar-refractivity contribution in [3.05, 3.63) is 33.9 Å². The molecule has 0 aliphatic rings. The van der Waals surface area contributed by atoms with Crippen LogP contribution >= 0.6 is 0 Å². The van der Waals surface area contributed by atoms with Crippen LogP contribution in [0.25, 0.3) is 0 Å². The van der Waals surface area contributed by atoms with E-state index in [-0.39, 0.29) is 17.9 Å². The van der Waals surface area contributed by atoms with Crippen LogP contribution in [-0.2, 0) is 0 Å². The fourth-order valence-electron chi connectivity index (χ4n) is 1.16. The zero-order chi connectivity index (χ0) is 11.4. The lowest BCUT2D eigenvalue weighted by atomic mass is 10.1. The second-order valence-corrected chi connectivity index (χ2v) is 2.65. The molecule has 1 aromatic carbocycles. The minimum atomic E-state index is -1.34. The first-order valence-electron chi connectivity index (χ1n) is 4.21. The Morgan fingerprint density at radius 3 is 2.73 bits per heavy atom. The van der Waals surface area contributed by atoms with Gasteiger partial charge in [-0.3, -0.25) is 10.1 Å². The van der Waals surface area contributed by atoms with Crippen molar-refractivity contribution in [3.8, 4) is 5.75 Å². The molecule has 1 rings (SSSR count). The molecule has 6 heteroatoms. The van der Waals surface area contributed by atoms with E-state index >= 15 is 0 Å². The smallest absolute Gasteiger partial charge is 0.342 e. The standard InChI is InChI=1S/C9H9NO5/c1-2-15-7-5-3-4-6(9(11)12)8(7)10(13)14/h3-5H,2H2,1H3,(H,11,12). The molecule has 6 nitrogen and oxygen atoms in total. The van der Waals surface area contributed by atoms with Gasteiger partial charge in [0.1, 0.15) is 5.56 Å².